The van der Waals surface area contributed by atoms with Crippen molar-refractivity contribution < 1.29 is 5.11 Å². The molecule has 1 nitrogen and oxygen atoms in total. The molecule has 0 amide bonds. The van der Waals surface area contributed by atoms with Crippen LogP contribution in [0.25, 0.3) is 5.57 Å². The summed E-state index contributed by atoms with van der Waals surface area (Å²) in [6, 6.07) is 6.99. The fraction of sp³-hybridized carbons (Fsp3) is 0.600. The molecule has 3 atom stereocenters. The summed E-state index contributed by atoms with van der Waals surface area (Å²) < 4.78 is 0. The molecule has 4 rings (SSSR count). The summed E-state index contributed by atoms with van der Waals surface area (Å²) in [6.07, 6.45) is 8.06. The van der Waals surface area contributed by atoms with Crippen molar-refractivity contribution in [1.29, 1.82) is 0 Å². The normalized spacial score (nSPS) is 34.4. The van der Waals surface area contributed by atoms with E-state index >= 15 is 0 Å². The molecule has 0 heterocycles. The molecular weight excluding hydrogens is 256 g/mol. The van der Waals surface area contributed by atoms with Gasteiger partial charge in [-0.25, -0.2) is 0 Å². The number of hydrogen-bond donors (Lipinski definition) is 1. The van der Waals surface area contributed by atoms with Gasteiger partial charge in [-0.2, -0.15) is 0 Å². The highest BCUT2D eigenvalue weighted by molar-refractivity contribution is 5.75. The van der Waals surface area contributed by atoms with Crippen LogP contribution in [0.2, 0.25) is 0 Å². The van der Waals surface area contributed by atoms with Crippen molar-refractivity contribution in [2.75, 3.05) is 0 Å². The lowest BCUT2D eigenvalue weighted by molar-refractivity contribution is 0.0193. The van der Waals surface area contributed by atoms with Gasteiger partial charge in [0, 0.05) is 5.41 Å². The highest BCUT2D eigenvalue weighted by Crippen LogP contribution is 2.59. The lowest BCUT2D eigenvalue weighted by Gasteiger charge is -2.45. The van der Waals surface area contributed by atoms with Crippen LogP contribution in [0, 0.1) is 18.3 Å². The number of aliphatic hydroxyl groups is 1. The van der Waals surface area contributed by atoms with Gasteiger partial charge >= 0.3 is 0 Å². The maximum Gasteiger partial charge on any atom is 0.0602 e. The molecule has 0 saturated heterocycles. The minimum Gasteiger partial charge on any atom is -0.393 e. The lowest BCUT2D eigenvalue weighted by atomic mass is 9.60. The molecule has 1 fully saturated rings. The molecule has 3 aliphatic carbocycles. The van der Waals surface area contributed by atoms with E-state index in [4.69, 9.17) is 0 Å². The third kappa shape index (κ3) is 1.80. The largest absolute Gasteiger partial charge is 0.393 e. The van der Waals surface area contributed by atoms with Gasteiger partial charge in [-0.15, -0.1) is 0 Å². The second-order valence-corrected chi connectivity index (χ2v) is 7.40. The third-order valence-electron chi connectivity index (χ3n) is 6.64. The van der Waals surface area contributed by atoms with E-state index in [0.29, 0.717) is 5.92 Å². The van der Waals surface area contributed by atoms with Gasteiger partial charge in [-0.1, -0.05) is 36.3 Å². The molecule has 0 aromatic heterocycles. The average molecular weight is 282 g/mol. The molecule has 1 N–H and O–H groups in total. The van der Waals surface area contributed by atoms with Crippen molar-refractivity contribution in [3.05, 3.63) is 40.5 Å². The first-order valence-electron chi connectivity index (χ1n) is 8.65. The van der Waals surface area contributed by atoms with Crippen LogP contribution in [0.1, 0.15) is 62.1 Å². The van der Waals surface area contributed by atoms with Crippen LogP contribution >= 0.6 is 0 Å². The van der Waals surface area contributed by atoms with Crippen LogP contribution in [0.15, 0.2) is 23.8 Å². The number of hydrogen-bond acceptors (Lipinski definition) is 1. The second kappa shape index (κ2) is 4.71. The van der Waals surface area contributed by atoms with Gasteiger partial charge in [0.25, 0.3) is 0 Å². The summed E-state index contributed by atoms with van der Waals surface area (Å²) in [6.45, 7) is 4.48. The second-order valence-electron chi connectivity index (χ2n) is 7.40. The number of rotatable bonds is 1. The molecular formula is C20H26O. The number of aryl methyl sites for hydroxylation is 2. The lowest BCUT2D eigenvalue weighted by Crippen LogP contribution is -2.39. The van der Waals surface area contributed by atoms with Crippen molar-refractivity contribution >= 4 is 5.57 Å². The monoisotopic (exact) mass is 282 g/mol. The van der Waals surface area contributed by atoms with Crippen molar-refractivity contribution in [3.8, 4) is 0 Å². The molecule has 112 valence electrons. The highest BCUT2D eigenvalue weighted by atomic mass is 16.3. The van der Waals surface area contributed by atoms with E-state index in [0.717, 1.165) is 12.8 Å². The Labute approximate surface area is 128 Å². The first kappa shape index (κ1) is 13.6. The van der Waals surface area contributed by atoms with Gasteiger partial charge in [0.2, 0.25) is 0 Å². The quantitative estimate of drug-likeness (QED) is 0.794. The Morgan fingerprint density at radius 2 is 2.05 bits per heavy atom. The van der Waals surface area contributed by atoms with Gasteiger partial charge in [-0.3, -0.25) is 0 Å². The van der Waals surface area contributed by atoms with Crippen LogP contribution in [0.4, 0.5) is 0 Å². The summed E-state index contributed by atoms with van der Waals surface area (Å²) in [4.78, 5) is 0. The fourth-order valence-electron chi connectivity index (χ4n) is 5.51. The molecule has 0 aliphatic heterocycles. The smallest absolute Gasteiger partial charge is 0.0602 e. The predicted octanol–water partition coefficient (Wildman–Crippen LogP) is 4.66. The average Bonchev–Trinajstić information content (AvgIpc) is 2.84. The number of allylic oxidation sites excluding steroid dienone is 2. The summed E-state index contributed by atoms with van der Waals surface area (Å²) in [5, 5.41) is 10.6. The molecule has 0 spiro atoms. The number of aliphatic hydroxyl groups excluding tert-OH is 1. The van der Waals surface area contributed by atoms with Gasteiger partial charge in [0.15, 0.2) is 0 Å². The molecule has 1 aromatic carbocycles. The van der Waals surface area contributed by atoms with Crippen molar-refractivity contribution in [2.45, 2.75) is 64.9 Å². The van der Waals surface area contributed by atoms with Crippen LogP contribution in [0.5, 0.6) is 0 Å². The molecule has 1 heteroatoms. The first-order valence-corrected chi connectivity index (χ1v) is 8.65. The predicted molar refractivity (Wildman–Crippen MR) is 87.1 cm³/mol. The van der Waals surface area contributed by atoms with E-state index in [-0.39, 0.29) is 11.5 Å². The van der Waals surface area contributed by atoms with Crippen LogP contribution in [0.3, 0.4) is 0 Å². The maximum atomic E-state index is 10.6. The van der Waals surface area contributed by atoms with Crippen molar-refractivity contribution in [2.24, 2.45) is 11.3 Å². The van der Waals surface area contributed by atoms with Gasteiger partial charge in [0.05, 0.1) is 6.10 Å². The zero-order chi connectivity index (χ0) is 14.6. The SMILES string of the molecule is CC[C@]12CCC3=C(CCc4cc(C)ccc43)C1CC[C@@H]2O. The molecule has 1 saturated carbocycles. The molecule has 1 unspecified atom stereocenters. The highest BCUT2D eigenvalue weighted by Gasteiger charge is 2.52. The Balaban J connectivity index is 1.82. The zero-order valence-electron chi connectivity index (χ0n) is 13.3. The van der Waals surface area contributed by atoms with Gasteiger partial charge in [-0.05, 0) is 74.5 Å². The Kier molecular flexibility index (Phi) is 3.04. The Morgan fingerprint density at radius 1 is 1.19 bits per heavy atom. The summed E-state index contributed by atoms with van der Waals surface area (Å²) in [7, 11) is 0. The minimum absolute atomic E-state index is 0.0686. The zero-order valence-corrected chi connectivity index (χ0v) is 13.3. The molecule has 3 aliphatic rings. The van der Waals surface area contributed by atoms with Crippen LogP contribution in [-0.2, 0) is 6.42 Å². The van der Waals surface area contributed by atoms with E-state index in [1.54, 1.807) is 16.7 Å². The van der Waals surface area contributed by atoms with Crippen molar-refractivity contribution in [1.82, 2.24) is 0 Å². The third-order valence-corrected chi connectivity index (χ3v) is 6.64. The first-order chi connectivity index (χ1) is 10.2. The van der Waals surface area contributed by atoms with E-state index in [2.05, 4.69) is 32.0 Å². The minimum atomic E-state index is -0.0686. The number of fused-ring (bicyclic) bond motifs is 4. The van der Waals surface area contributed by atoms with Crippen LogP contribution in [-0.4, -0.2) is 11.2 Å². The number of benzene rings is 1. The fourth-order valence-corrected chi connectivity index (χ4v) is 5.51. The Morgan fingerprint density at radius 3 is 2.86 bits per heavy atom. The Hall–Kier alpha value is -1.08. The molecule has 1 aromatic rings. The van der Waals surface area contributed by atoms with E-state index < -0.39 is 0 Å². The van der Waals surface area contributed by atoms with E-state index in [1.807, 2.05) is 0 Å². The molecule has 0 bridgehead atoms. The maximum absolute atomic E-state index is 10.6. The summed E-state index contributed by atoms with van der Waals surface area (Å²) in [5.74, 6) is 0.649. The van der Waals surface area contributed by atoms with E-state index in [1.165, 1.54) is 43.2 Å². The van der Waals surface area contributed by atoms with Gasteiger partial charge in [0.1, 0.15) is 0 Å². The van der Waals surface area contributed by atoms with E-state index in [9.17, 15) is 5.11 Å². The van der Waals surface area contributed by atoms with Gasteiger partial charge < -0.3 is 5.11 Å². The standard InChI is InChI=1S/C20H26O/c1-3-20-11-10-16-15-6-4-13(2)12-14(15)5-7-17(16)18(20)8-9-19(20)21/h4,6,12,18-19,21H,3,5,7-11H2,1-2H3/t18?,19-,20-/m0/s1. The topological polar surface area (TPSA) is 20.2 Å². The summed E-state index contributed by atoms with van der Waals surface area (Å²) >= 11 is 0. The van der Waals surface area contributed by atoms with Crippen molar-refractivity contribution in [3.63, 3.8) is 0 Å². The molecule has 0 radical (unpaired) electrons. The molecule has 21 heavy (non-hydrogen) atoms. The van der Waals surface area contributed by atoms with Crippen LogP contribution < -0.4 is 0 Å². The summed E-state index contributed by atoms with van der Waals surface area (Å²) in [5.41, 5.74) is 7.99. The Bertz CT molecular complexity index is 612.